The Kier molecular flexibility index (Phi) is 4.38. The number of aromatic nitrogens is 2. The molecule has 1 amide bonds. The van der Waals surface area contributed by atoms with Gasteiger partial charge in [0.1, 0.15) is 11.6 Å². The van der Waals surface area contributed by atoms with Gasteiger partial charge in [0.25, 0.3) is 0 Å². The summed E-state index contributed by atoms with van der Waals surface area (Å²) in [5.41, 5.74) is 0.758. The fourth-order valence-corrected chi connectivity index (χ4v) is 4.15. The number of benzene rings is 1. The molecule has 2 heterocycles. The minimum atomic E-state index is 0.276. The maximum atomic E-state index is 12.2. The summed E-state index contributed by atoms with van der Waals surface area (Å²) in [7, 11) is 1.58. The molecule has 1 aromatic carbocycles. The Morgan fingerprint density at radius 1 is 1.32 bits per heavy atom. The molecule has 5 nitrogen and oxygen atoms in total. The topological polar surface area (TPSA) is 47.4 Å². The molecule has 4 rings (SSSR count). The second kappa shape index (κ2) is 6.54. The van der Waals surface area contributed by atoms with E-state index in [0.717, 1.165) is 37.3 Å². The quantitative estimate of drug-likeness (QED) is 0.791. The Morgan fingerprint density at radius 2 is 2.12 bits per heavy atom. The Morgan fingerprint density at radius 3 is 2.84 bits per heavy atom. The van der Waals surface area contributed by atoms with Crippen molar-refractivity contribution in [3.63, 3.8) is 0 Å². The van der Waals surface area contributed by atoms with E-state index in [1.807, 2.05) is 11.1 Å². The number of rotatable bonds is 5. The number of carbonyl (C=O) groups is 1. The SMILES string of the molecule is COc1c(Cl)cc(Cl)cc1-c1nccn1CC1CC(=O)N(C2CC2)C1. The highest BCUT2D eigenvalue weighted by Gasteiger charge is 2.39. The molecule has 0 N–H and O–H groups in total. The Balaban J connectivity index is 1.60. The lowest BCUT2D eigenvalue weighted by molar-refractivity contribution is -0.128. The van der Waals surface area contributed by atoms with Gasteiger partial charge in [-0.05, 0) is 25.0 Å². The molecule has 1 aromatic heterocycles. The first-order valence-corrected chi connectivity index (χ1v) is 9.16. The van der Waals surface area contributed by atoms with Gasteiger partial charge in [-0.2, -0.15) is 0 Å². The number of imidazole rings is 1. The van der Waals surface area contributed by atoms with Crippen LogP contribution in [0.4, 0.5) is 0 Å². The molecule has 1 aliphatic carbocycles. The number of carbonyl (C=O) groups excluding carboxylic acids is 1. The van der Waals surface area contributed by atoms with Gasteiger partial charge >= 0.3 is 0 Å². The molecule has 25 heavy (non-hydrogen) atoms. The molecule has 1 unspecified atom stereocenters. The molecule has 0 bridgehead atoms. The van der Waals surface area contributed by atoms with Crippen LogP contribution >= 0.6 is 23.2 Å². The van der Waals surface area contributed by atoms with E-state index in [4.69, 9.17) is 27.9 Å². The van der Waals surface area contributed by atoms with Gasteiger partial charge in [-0.1, -0.05) is 23.2 Å². The normalized spacial score (nSPS) is 20.4. The third kappa shape index (κ3) is 3.23. The zero-order valence-corrected chi connectivity index (χ0v) is 15.4. The number of amides is 1. The number of nitrogens with zero attached hydrogens (tertiary/aromatic N) is 3. The van der Waals surface area contributed by atoms with Gasteiger partial charge in [0.05, 0.1) is 17.7 Å². The van der Waals surface area contributed by atoms with Crippen LogP contribution in [0.25, 0.3) is 11.4 Å². The summed E-state index contributed by atoms with van der Waals surface area (Å²) >= 11 is 12.4. The van der Waals surface area contributed by atoms with Gasteiger partial charge in [-0.15, -0.1) is 0 Å². The average Bonchev–Trinajstić information content (AvgIpc) is 3.20. The molecule has 1 saturated heterocycles. The highest BCUT2D eigenvalue weighted by molar-refractivity contribution is 6.36. The van der Waals surface area contributed by atoms with Crippen LogP contribution in [0, 0.1) is 5.92 Å². The average molecular weight is 380 g/mol. The number of hydrogen-bond donors (Lipinski definition) is 0. The molecule has 2 aromatic rings. The van der Waals surface area contributed by atoms with Crippen molar-refractivity contribution in [3.05, 3.63) is 34.6 Å². The largest absolute Gasteiger partial charge is 0.494 e. The lowest BCUT2D eigenvalue weighted by atomic mass is 10.1. The number of ether oxygens (including phenoxy) is 1. The lowest BCUT2D eigenvalue weighted by Gasteiger charge is -2.17. The van der Waals surface area contributed by atoms with Crippen LogP contribution < -0.4 is 4.74 Å². The first kappa shape index (κ1) is 16.7. The third-order valence-electron chi connectivity index (χ3n) is 4.85. The first-order valence-electron chi connectivity index (χ1n) is 8.41. The van der Waals surface area contributed by atoms with E-state index >= 15 is 0 Å². The molecule has 0 radical (unpaired) electrons. The smallest absolute Gasteiger partial charge is 0.223 e. The van der Waals surface area contributed by atoms with E-state index < -0.39 is 0 Å². The number of hydrogen-bond acceptors (Lipinski definition) is 3. The second-order valence-electron chi connectivity index (χ2n) is 6.72. The predicted octanol–water partition coefficient (Wildman–Crippen LogP) is 3.88. The van der Waals surface area contributed by atoms with E-state index in [0.29, 0.717) is 34.2 Å². The van der Waals surface area contributed by atoms with Crippen LogP contribution in [0.3, 0.4) is 0 Å². The molecule has 0 spiro atoms. The minimum Gasteiger partial charge on any atom is -0.494 e. The fraction of sp³-hybridized carbons (Fsp3) is 0.444. The lowest BCUT2D eigenvalue weighted by Crippen LogP contribution is -2.27. The Bertz CT molecular complexity index is 817. The van der Waals surface area contributed by atoms with Gasteiger partial charge < -0.3 is 14.2 Å². The zero-order chi connectivity index (χ0) is 17.6. The summed E-state index contributed by atoms with van der Waals surface area (Å²) in [5.74, 6) is 1.87. The number of methoxy groups -OCH3 is 1. The third-order valence-corrected chi connectivity index (χ3v) is 5.35. The van der Waals surface area contributed by atoms with Crippen LogP contribution in [0.1, 0.15) is 19.3 Å². The Hall–Kier alpha value is -1.72. The molecular weight excluding hydrogens is 361 g/mol. The molecule has 1 saturated carbocycles. The van der Waals surface area contributed by atoms with Crippen LogP contribution in [0.5, 0.6) is 5.75 Å². The second-order valence-corrected chi connectivity index (χ2v) is 7.56. The van der Waals surface area contributed by atoms with Gasteiger partial charge in [-0.25, -0.2) is 4.98 Å². The predicted molar refractivity (Wildman–Crippen MR) is 97.1 cm³/mol. The summed E-state index contributed by atoms with van der Waals surface area (Å²) in [4.78, 5) is 18.7. The van der Waals surface area contributed by atoms with Crippen molar-refractivity contribution in [2.75, 3.05) is 13.7 Å². The minimum absolute atomic E-state index is 0.276. The molecule has 2 aliphatic rings. The molecular formula is C18H19Cl2N3O2. The van der Waals surface area contributed by atoms with Crippen LogP contribution in [-0.2, 0) is 11.3 Å². The molecule has 2 fully saturated rings. The van der Waals surface area contributed by atoms with E-state index in [9.17, 15) is 4.79 Å². The maximum absolute atomic E-state index is 12.2. The van der Waals surface area contributed by atoms with E-state index in [1.54, 1.807) is 25.4 Å². The van der Waals surface area contributed by atoms with E-state index in [-0.39, 0.29) is 5.91 Å². The van der Waals surface area contributed by atoms with Gasteiger partial charge in [0, 0.05) is 48.9 Å². The summed E-state index contributed by atoms with van der Waals surface area (Å²) in [6.07, 6.45) is 6.56. The van der Waals surface area contributed by atoms with Crippen molar-refractivity contribution in [3.8, 4) is 17.1 Å². The van der Waals surface area contributed by atoms with Crippen LogP contribution in [0.15, 0.2) is 24.5 Å². The van der Waals surface area contributed by atoms with Crippen molar-refractivity contribution < 1.29 is 9.53 Å². The Labute approximate surface area is 156 Å². The van der Waals surface area contributed by atoms with Crippen molar-refractivity contribution in [2.45, 2.75) is 31.8 Å². The highest BCUT2D eigenvalue weighted by atomic mass is 35.5. The summed E-state index contributed by atoms with van der Waals surface area (Å²) in [6, 6.07) is 3.94. The first-order chi connectivity index (χ1) is 12.1. The van der Waals surface area contributed by atoms with Crippen molar-refractivity contribution in [1.82, 2.24) is 14.5 Å². The molecule has 132 valence electrons. The van der Waals surface area contributed by atoms with Crippen molar-refractivity contribution in [1.29, 1.82) is 0 Å². The van der Waals surface area contributed by atoms with Crippen LogP contribution in [-0.4, -0.2) is 40.1 Å². The monoisotopic (exact) mass is 379 g/mol. The maximum Gasteiger partial charge on any atom is 0.223 e. The summed E-state index contributed by atoms with van der Waals surface area (Å²) in [5, 5.41) is 0.988. The van der Waals surface area contributed by atoms with Crippen LogP contribution in [0.2, 0.25) is 10.0 Å². The zero-order valence-electron chi connectivity index (χ0n) is 13.9. The molecule has 7 heteroatoms. The number of halogens is 2. The van der Waals surface area contributed by atoms with E-state index in [2.05, 4.69) is 9.55 Å². The molecule has 1 atom stereocenters. The fourth-order valence-electron chi connectivity index (χ4n) is 3.58. The molecule has 1 aliphatic heterocycles. The highest BCUT2D eigenvalue weighted by Crippen LogP contribution is 2.39. The summed E-state index contributed by atoms with van der Waals surface area (Å²) in [6.45, 7) is 1.56. The van der Waals surface area contributed by atoms with E-state index in [1.165, 1.54) is 0 Å². The standard InChI is InChI=1S/C18H19Cl2N3O2/c1-25-17-14(7-12(19)8-15(17)20)18-21-4-5-22(18)9-11-6-16(24)23(10-11)13-2-3-13/h4-5,7-8,11,13H,2-3,6,9-10H2,1H3. The van der Waals surface area contributed by atoms with Gasteiger partial charge in [0.15, 0.2) is 0 Å². The summed E-state index contributed by atoms with van der Waals surface area (Å²) < 4.78 is 7.50. The van der Waals surface area contributed by atoms with Gasteiger partial charge in [-0.3, -0.25) is 4.79 Å². The van der Waals surface area contributed by atoms with Crippen molar-refractivity contribution in [2.24, 2.45) is 5.92 Å². The van der Waals surface area contributed by atoms with Crippen molar-refractivity contribution >= 4 is 29.1 Å². The van der Waals surface area contributed by atoms with Gasteiger partial charge in [0.2, 0.25) is 5.91 Å². The number of likely N-dealkylation sites (tertiary alicyclic amines) is 1.